The van der Waals surface area contributed by atoms with Gasteiger partial charge in [-0.3, -0.25) is 0 Å². The third kappa shape index (κ3) is 3.62. The van der Waals surface area contributed by atoms with E-state index in [1.807, 2.05) is 26.8 Å². The summed E-state index contributed by atoms with van der Waals surface area (Å²) in [6.45, 7) is 6.14. The van der Waals surface area contributed by atoms with E-state index < -0.39 is 0 Å². The van der Waals surface area contributed by atoms with Gasteiger partial charge in [-0.05, 0) is 17.5 Å². The predicted octanol–water partition coefficient (Wildman–Crippen LogP) is 4.38. The monoisotopic (exact) mass is 371 g/mol. The maximum Gasteiger partial charge on any atom is 0.122 e. The summed E-state index contributed by atoms with van der Waals surface area (Å²) in [5, 5.41) is 9.87. The zero-order valence-corrected chi connectivity index (χ0v) is 13.4. The maximum absolute atomic E-state index is 9.87. The minimum Gasteiger partial charge on any atom is -0.508 e. The second kappa shape index (κ2) is 5.71. The largest absolute Gasteiger partial charge is 0.508 e. The molecular weight excluding hydrogens is 357 g/mol. The zero-order valence-electron chi connectivity index (χ0n) is 9.42. The van der Waals surface area contributed by atoms with E-state index in [0.29, 0.717) is 0 Å². The number of rotatable bonds is 1. The Morgan fingerprint density at radius 1 is 1.25 bits per heavy atom. The molecule has 0 saturated heterocycles. The highest BCUT2D eigenvalue weighted by atomic mass is 79.9. The first-order chi connectivity index (χ1) is 6.73. The molecule has 0 radical (unpaired) electrons. The van der Waals surface area contributed by atoms with Gasteiger partial charge >= 0.3 is 0 Å². The van der Waals surface area contributed by atoms with Crippen molar-refractivity contribution >= 4 is 44.3 Å². The van der Waals surface area contributed by atoms with E-state index >= 15 is 0 Å². The summed E-state index contributed by atoms with van der Waals surface area (Å²) in [4.78, 5) is 0. The Balaban J connectivity index is 0.00000225. The summed E-state index contributed by atoms with van der Waals surface area (Å²) in [5.74, 6) is 0.221. The number of halogens is 3. The van der Waals surface area contributed by atoms with Crippen molar-refractivity contribution < 1.29 is 5.11 Å². The molecule has 0 amide bonds. The van der Waals surface area contributed by atoms with E-state index in [0.717, 1.165) is 14.5 Å². The van der Waals surface area contributed by atoms with Crippen molar-refractivity contribution in [2.75, 3.05) is 0 Å². The van der Waals surface area contributed by atoms with E-state index in [2.05, 4.69) is 31.9 Å². The van der Waals surface area contributed by atoms with E-state index in [4.69, 9.17) is 5.73 Å². The van der Waals surface area contributed by atoms with Crippen LogP contribution in [0.2, 0.25) is 0 Å². The van der Waals surface area contributed by atoms with Gasteiger partial charge in [0, 0.05) is 20.6 Å². The van der Waals surface area contributed by atoms with Crippen LogP contribution in [0.1, 0.15) is 32.4 Å². The van der Waals surface area contributed by atoms with Gasteiger partial charge < -0.3 is 10.8 Å². The van der Waals surface area contributed by atoms with Crippen molar-refractivity contribution in [3.63, 3.8) is 0 Å². The second-order valence-corrected chi connectivity index (χ2v) is 6.43. The van der Waals surface area contributed by atoms with Gasteiger partial charge in [-0.15, -0.1) is 12.4 Å². The molecule has 2 nitrogen and oxygen atoms in total. The van der Waals surface area contributed by atoms with Gasteiger partial charge in [0.05, 0.1) is 0 Å². The fourth-order valence-corrected chi connectivity index (χ4v) is 2.76. The summed E-state index contributed by atoms with van der Waals surface area (Å²) < 4.78 is 1.66. The van der Waals surface area contributed by atoms with Crippen molar-refractivity contribution in [1.29, 1.82) is 0 Å². The molecular formula is C11H16Br2ClNO. The molecule has 0 aliphatic rings. The van der Waals surface area contributed by atoms with Crippen LogP contribution in [0.15, 0.2) is 21.1 Å². The molecule has 1 aromatic carbocycles. The summed E-state index contributed by atoms with van der Waals surface area (Å²) in [7, 11) is 0. The maximum atomic E-state index is 9.87. The Morgan fingerprint density at radius 2 is 1.75 bits per heavy atom. The van der Waals surface area contributed by atoms with Gasteiger partial charge in [0.15, 0.2) is 0 Å². The molecule has 0 aliphatic heterocycles. The highest BCUT2D eigenvalue weighted by molar-refractivity contribution is 9.11. The SMILES string of the molecule is CC(C)(C)[C@H](N)c1c(O)cc(Br)cc1Br.Cl. The lowest BCUT2D eigenvalue weighted by molar-refractivity contribution is 0.316. The van der Waals surface area contributed by atoms with Crippen LogP contribution < -0.4 is 5.73 Å². The van der Waals surface area contributed by atoms with Gasteiger partial charge in [0.2, 0.25) is 0 Å². The van der Waals surface area contributed by atoms with Crippen LogP contribution in [0.4, 0.5) is 0 Å². The lowest BCUT2D eigenvalue weighted by atomic mass is 9.83. The molecule has 1 aromatic rings. The van der Waals surface area contributed by atoms with Crippen molar-refractivity contribution in [2.45, 2.75) is 26.8 Å². The Morgan fingerprint density at radius 3 is 2.12 bits per heavy atom. The lowest BCUT2D eigenvalue weighted by Crippen LogP contribution is -2.26. The van der Waals surface area contributed by atoms with Crippen LogP contribution in [-0.2, 0) is 0 Å². The number of aromatic hydroxyl groups is 1. The van der Waals surface area contributed by atoms with Crippen molar-refractivity contribution in [3.05, 3.63) is 26.6 Å². The molecule has 0 saturated carbocycles. The highest BCUT2D eigenvalue weighted by Gasteiger charge is 2.26. The minimum absolute atomic E-state index is 0. The van der Waals surface area contributed by atoms with Crippen molar-refractivity contribution in [2.24, 2.45) is 11.1 Å². The topological polar surface area (TPSA) is 46.2 Å². The van der Waals surface area contributed by atoms with Gasteiger partial charge in [-0.2, -0.15) is 0 Å². The first-order valence-corrected chi connectivity index (χ1v) is 6.25. The Kier molecular flexibility index (Phi) is 5.80. The van der Waals surface area contributed by atoms with Gasteiger partial charge in [0.25, 0.3) is 0 Å². The van der Waals surface area contributed by atoms with E-state index in [9.17, 15) is 5.11 Å². The van der Waals surface area contributed by atoms with Crippen molar-refractivity contribution in [1.82, 2.24) is 0 Å². The lowest BCUT2D eigenvalue weighted by Gasteiger charge is -2.28. The number of nitrogens with two attached hydrogens (primary N) is 1. The van der Waals surface area contributed by atoms with Crippen LogP contribution in [-0.4, -0.2) is 5.11 Å². The van der Waals surface area contributed by atoms with Crippen LogP contribution in [0, 0.1) is 5.41 Å². The van der Waals surface area contributed by atoms with Gasteiger partial charge in [0.1, 0.15) is 5.75 Å². The zero-order chi connectivity index (χ0) is 11.8. The molecule has 5 heteroatoms. The predicted molar refractivity (Wildman–Crippen MR) is 77.1 cm³/mol. The van der Waals surface area contributed by atoms with Crippen LogP contribution >= 0.6 is 44.3 Å². The normalized spacial score (nSPS) is 13.1. The van der Waals surface area contributed by atoms with E-state index in [1.165, 1.54) is 0 Å². The average Bonchev–Trinajstić information content (AvgIpc) is 1.99. The van der Waals surface area contributed by atoms with E-state index in [1.54, 1.807) is 6.07 Å². The summed E-state index contributed by atoms with van der Waals surface area (Å²) >= 11 is 6.74. The first kappa shape index (κ1) is 16.2. The fraction of sp³-hybridized carbons (Fsp3) is 0.455. The van der Waals surface area contributed by atoms with Gasteiger partial charge in [-0.1, -0.05) is 52.6 Å². The Labute approximate surface area is 119 Å². The molecule has 0 aliphatic carbocycles. The minimum atomic E-state index is -0.208. The number of benzene rings is 1. The number of hydrogen-bond donors (Lipinski definition) is 2. The summed E-state index contributed by atoms with van der Waals surface area (Å²) in [6.07, 6.45) is 0. The van der Waals surface area contributed by atoms with Crippen molar-refractivity contribution in [3.8, 4) is 5.75 Å². The number of hydrogen-bond acceptors (Lipinski definition) is 2. The molecule has 0 bridgehead atoms. The highest BCUT2D eigenvalue weighted by Crippen LogP contribution is 2.40. The summed E-state index contributed by atoms with van der Waals surface area (Å²) in [6, 6.07) is 3.34. The summed E-state index contributed by atoms with van der Waals surface area (Å²) in [5.41, 5.74) is 6.78. The molecule has 3 N–H and O–H groups in total. The Hall–Kier alpha value is 0.230. The van der Waals surface area contributed by atoms with Crippen LogP contribution in [0.3, 0.4) is 0 Å². The third-order valence-electron chi connectivity index (χ3n) is 2.32. The fourth-order valence-electron chi connectivity index (χ4n) is 1.31. The molecule has 1 rings (SSSR count). The molecule has 92 valence electrons. The molecule has 1 atom stereocenters. The molecule has 0 spiro atoms. The second-order valence-electron chi connectivity index (χ2n) is 4.66. The average molecular weight is 374 g/mol. The number of phenolic OH excluding ortho intramolecular Hbond substituents is 1. The molecule has 16 heavy (non-hydrogen) atoms. The van der Waals surface area contributed by atoms with Gasteiger partial charge in [-0.25, -0.2) is 0 Å². The smallest absolute Gasteiger partial charge is 0.122 e. The number of phenols is 1. The van der Waals surface area contributed by atoms with E-state index in [-0.39, 0.29) is 29.6 Å². The standard InChI is InChI=1S/C11H15Br2NO.ClH/c1-11(2,3)10(14)9-7(13)4-6(12)5-8(9)15;/h4-5,10,15H,14H2,1-3H3;1H/t10-;/m1./s1. The molecule has 0 aromatic heterocycles. The molecule has 0 unspecified atom stereocenters. The first-order valence-electron chi connectivity index (χ1n) is 4.67. The third-order valence-corrected chi connectivity index (χ3v) is 3.43. The van der Waals surface area contributed by atoms with Crippen LogP contribution in [0.5, 0.6) is 5.75 Å². The van der Waals surface area contributed by atoms with Crippen LogP contribution in [0.25, 0.3) is 0 Å². The molecule has 0 fully saturated rings. The molecule has 0 heterocycles. The Bertz CT molecular complexity index is 354. The quantitative estimate of drug-likeness (QED) is 0.767.